The second-order valence-corrected chi connectivity index (χ2v) is 4.98. The maximum Gasteiger partial charge on any atom is 0.307 e. The Hall–Kier alpha value is -1.33. The van der Waals surface area contributed by atoms with E-state index in [0.29, 0.717) is 41.6 Å². The maximum absolute atomic E-state index is 11.5. The summed E-state index contributed by atoms with van der Waals surface area (Å²) in [5.41, 5.74) is 1.42. The summed E-state index contributed by atoms with van der Waals surface area (Å²) in [4.78, 5) is 20.2. The van der Waals surface area contributed by atoms with E-state index in [0.717, 1.165) is 5.82 Å². The van der Waals surface area contributed by atoms with Gasteiger partial charge in [0, 0.05) is 25.0 Å². The maximum atomic E-state index is 11.5. The molecule has 2 heterocycles. The molecule has 2 aromatic heterocycles. The number of halogens is 2. The minimum absolute atomic E-state index is 0.236. The molecule has 0 N–H and O–H groups in total. The van der Waals surface area contributed by atoms with Gasteiger partial charge in [0.15, 0.2) is 5.65 Å². The highest BCUT2D eigenvalue weighted by molar-refractivity contribution is 6.31. The Balaban J connectivity index is 2.28. The average molecular weight is 316 g/mol. The number of carbonyl (C=O) groups is 1. The highest BCUT2D eigenvalue weighted by Gasteiger charge is 2.13. The summed E-state index contributed by atoms with van der Waals surface area (Å²) >= 11 is 11.7. The standard InChI is InChI=1S/C13H15Cl2N3O2/c1-2-20-12(19)4-6-18-11(3-5-14)17-10-7-9(15)8-16-13(10)18/h7-8H,2-6H2,1H3. The normalized spacial score (nSPS) is 10.9. The number of carbonyl (C=O) groups excluding carboxylic acids is 1. The topological polar surface area (TPSA) is 57.0 Å². The second-order valence-electron chi connectivity index (χ2n) is 4.17. The molecule has 0 amide bonds. The minimum atomic E-state index is -0.236. The molecule has 0 aliphatic carbocycles. The molecule has 0 aliphatic heterocycles. The molecule has 0 saturated heterocycles. The third-order valence-electron chi connectivity index (χ3n) is 2.79. The van der Waals surface area contributed by atoms with Crippen molar-refractivity contribution in [3.05, 3.63) is 23.1 Å². The van der Waals surface area contributed by atoms with Crippen LogP contribution in [0.2, 0.25) is 5.02 Å². The van der Waals surface area contributed by atoms with Gasteiger partial charge < -0.3 is 9.30 Å². The van der Waals surface area contributed by atoms with Crippen molar-refractivity contribution in [2.45, 2.75) is 26.3 Å². The van der Waals surface area contributed by atoms with E-state index in [-0.39, 0.29) is 12.4 Å². The quantitative estimate of drug-likeness (QED) is 0.607. The van der Waals surface area contributed by atoms with Crippen LogP contribution in [0.3, 0.4) is 0 Å². The van der Waals surface area contributed by atoms with Crippen LogP contribution in [-0.4, -0.2) is 33.0 Å². The number of hydrogen-bond acceptors (Lipinski definition) is 4. The molecule has 0 radical (unpaired) electrons. The van der Waals surface area contributed by atoms with Crippen LogP contribution in [0.15, 0.2) is 12.3 Å². The van der Waals surface area contributed by atoms with Gasteiger partial charge in [0.25, 0.3) is 0 Å². The van der Waals surface area contributed by atoms with Gasteiger partial charge in [-0.2, -0.15) is 0 Å². The number of esters is 1. The number of nitrogens with zero attached hydrogens (tertiary/aromatic N) is 3. The van der Waals surface area contributed by atoms with Crippen molar-refractivity contribution in [3.8, 4) is 0 Å². The summed E-state index contributed by atoms with van der Waals surface area (Å²) in [6, 6.07) is 1.75. The molecule has 0 atom stereocenters. The van der Waals surface area contributed by atoms with Gasteiger partial charge in [-0.1, -0.05) is 11.6 Å². The van der Waals surface area contributed by atoms with Crippen LogP contribution in [0.25, 0.3) is 11.2 Å². The van der Waals surface area contributed by atoms with E-state index in [4.69, 9.17) is 27.9 Å². The summed E-state index contributed by atoms with van der Waals surface area (Å²) in [5.74, 6) is 1.02. The zero-order chi connectivity index (χ0) is 14.5. The van der Waals surface area contributed by atoms with Crippen LogP contribution < -0.4 is 0 Å². The molecule has 5 nitrogen and oxygen atoms in total. The Morgan fingerprint density at radius 1 is 1.50 bits per heavy atom. The fourth-order valence-electron chi connectivity index (χ4n) is 1.98. The number of fused-ring (bicyclic) bond motifs is 1. The number of aryl methyl sites for hydroxylation is 2. The fraction of sp³-hybridized carbons (Fsp3) is 0.462. The van der Waals surface area contributed by atoms with Crippen molar-refractivity contribution in [1.82, 2.24) is 14.5 Å². The second kappa shape index (κ2) is 6.90. The SMILES string of the molecule is CCOC(=O)CCn1c(CCCl)nc2cc(Cl)cnc21. The van der Waals surface area contributed by atoms with E-state index in [1.54, 1.807) is 19.2 Å². The Kier molecular flexibility index (Phi) is 5.20. The first-order valence-corrected chi connectivity index (χ1v) is 7.29. The predicted molar refractivity (Wildman–Crippen MR) is 78.2 cm³/mol. The molecule has 0 bridgehead atoms. The molecule has 20 heavy (non-hydrogen) atoms. The average Bonchev–Trinajstić information content (AvgIpc) is 2.74. The monoisotopic (exact) mass is 315 g/mol. The zero-order valence-corrected chi connectivity index (χ0v) is 12.6. The van der Waals surface area contributed by atoms with E-state index < -0.39 is 0 Å². The van der Waals surface area contributed by atoms with E-state index in [1.807, 2.05) is 4.57 Å². The lowest BCUT2D eigenvalue weighted by atomic mass is 10.4. The minimum Gasteiger partial charge on any atom is -0.466 e. The molecular formula is C13H15Cl2N3O2. The number of aromatic nitrogens is 3. The van der Waals surface area contributed by atoms with Crippen LogP contribution in [0, 0.1) is 0 Å². The molecular weight excluding hydrogens is 301 g/mol. The summed E-state index contributed by atoms with van der Waals surface area (Å²) in [6.45, 7) is 2.63. The largest absolute Gasteiger partial charge is 0.466 e. The van der Waals surface area contributed by atoms with Crippen LogP contribution in [-0.2, 0) is 22.5 Å². The molecule has 0 aromatic carbocycles. The highest BCUT2D eigenvalue weighted by Crippen LogP contribution is 2.19. The Labute approximate surface area is 126 Å². The summed E-state index contributed by atoms with van der Waals surface area (Å²) < 4.78 is 6.82. The third-order valence-corrected chi connectivity index (χ3v) is 3.19. The van der Waals surface area contributed by atoms with Crippen molar-refractivity contribution in [2.24, 2.45) is 0 Å². The van der Waals surface area contributed by atoms with E-state index in [9.17, 15) is 4.79 Å². The molecule has 0 saturated carbocycles. The number of rotatable bonds is 6. The van der Waals surface area contributed by atoms with E-state index >= 15 is 0 Å². The fourth-order valence-corrected chi connectivity index (χ4v) is 2.30. The van der Waals surface area contributed by atoms with Crippen LogP contribution >= 0.6 is 23.2 Å². The third kappa shape index (κ3) is 3.41. The number of pyridine rings is 1. The van der Waals surface area contributed by atoms with Gasteiger partial charge in [-0.3, -0.25) is 4.79 Å². The molecule has 2 rings (SSSR count). The molecule has 0 unspecified atom stereocenters. The van der Waals surface area contributed by atoms with Gasteiger partial charge in [0.2, 0.25) is 0 Å². The van der Waals surface area contributed by atoms with Crippen molar-refractivity contribution in [2.75, 3.05) is 12.5 Å². The smallest absolute Gasteiger partial charge is 0.307 e. The van der Waals surface area contributed by atoms with Gasteiger partial charge in [0.1, 0.15) is 11.3 Å². The highest BCUT2D eigenvalue weighted by atomic mass is 35.5. The van der Waals surface area contributed by atoms with Crippen molar-refractivity contribution >= 4 is 40.3 Å². The van der Waals surface area contributed by atoms with Crippen molar-refractivity contribution < 1.29 is 9.53 Å². The zero-order valence-electron chi connectivity index (χ0n) is 11.1. The molecule has 0 spiro atoms. The number of ether oxygens (including phenoxy) is 1. The van der Waals surface area contributed by atoms with E-state index in [1.165, 1.54) is 0 Å². The first kappa shape index (κ1) is 15.1. The van der Waals surface area contributed by atoms with Crippen molar-refractivity contribution in [3.63, 3.8) is 0 Å². The van der Waals surface area contributed by atoms with Gasteiger partial charge >= 0.3 is 5.97 Å². The molecule has 0 aliphatic rings. The first-order valence-electron chi connectivity index (χ1n) is 6.38. The lowest BCUT2D eigenvalue weighted by Crippen LogP contribution is -2.11. The van der Waals surface area contributed by atoms with Gasteiger partial charge in [-0.25, -0.2) is 9.97 Å². The molecule has 108 valence electrons. The van der Waals surface area contributed by atoms with Crippen LogP contribution in [0.5, 0.6) is 0 Å². The van der Waals surface area contributed by atoms with E-state index in [2.05, 4.69) is 9.97 Å². The van der Waals surface area contributed by atoms with Crippen LogP contribution in [0.4, 0.5) is 0 Å². The Morgan fingerprint density at radius 2 is 2.30 bits per heavy atom. The lowest BCUT2D eigenvalue weighted by Gasteiger charge is -2.07. The number of hydrogen-bond donors (Lipinski definition) is 0. The number of imidazole rings is 1. The van der Waals surface area contributed by atoms with Crippen molar-refractivity contribution in [1.29, 1.82) is 0 Å². The first-order chi connectivity index (χ1) is 9.65. The van der Waals surface area contributed by atoms with Gasteiger partial charge in [-0.15, -0.1) is 11.6 Å². The predicted octanol–water partition coefficient (Wildman–Crippen LogP) is 2.82. The number of alkyl halides is 1. The summed E-state index contributed by atoms with van der Waals surface area (Å²) in [5, 5.41) is 0.532. The van der Waals surface area contributed by atoms with Gasteiger partial charge in [0.05, 0.1) is 18.1 Å². The summed E-state index contributed by atoms with van der Waals surface area (Å²) in [6.07, 6.45) is 2.45. The van der Waals surface area contributed by atoms with Crippen LogP contribution in [0.1, 0.15) is 19.2 Å². The summed E-state index contributed by atoms with van der Waals surface area (Å²) in [7, 11) is 0. The Morgan fingerprint density at radius 3 is 3.00 bits per heavy atom. The lowest BCUT2D eigenvalue weighted by molar-refractivity contribution is -0.143. The molecule has 2 aromatic rings. The molecule has 0 fully saturated rings. The Bertz CT molecular complexity index is 613. The molecule has 7 heteroatoms. The van der Waals surface area contributed by atoms with Gasteiger partial charge in [-0.05, 0) is 13.0 Å².